The van der Waals surface area contributed by atoms with E-state index in [1.807, 2.05) is 31.2 Å². The van der Waals surface area contributed by atoms with Crippen LogP contribution in [0.3, 0.4) is 0 Å². The quantitative estimate of drug-likeness (QED) is 0.689. The van der Waals surface area contributed by atoms with Gasteiger partial charge in [-0.1, -0.05) is 26.0 Å². The van der Waals surface area contributed by atoms with Crippen LogP contribution in [0.2, 0.25) is 0 Å². The number of ether oxygens (including phenoxy) is 1. The average molecular weight is 405 g/mol. The average Bonchev–Trinajstić information content (AvgIpc) is 2.66. The fraction of sp³-hybridized carbons (Fsp3) is 0.381. The summed E-state index contributed by atoms with van der Waals surface area (Å²) in [7, 11) is -3.67. The number of benzene rings is 2. The van der Waals surface area contributed by atoms with Crippen molar-refractivity contribution in [3.63, 3.8) is 0 Å². The third kappa shape index (κ3) is 5.48. The highest BCUT2D eigenvalue weighted by atomic mass is 32.2. The lowest BCUT2D eigenvalue weighted by Gasteiger charge is -2.30. The van der Waals surface area contributed by atoms with Crippen LogP contribution in [0.25, 0.3) is 0 Å². The van der Waals surface area contributed by atoms with Gasteiger partial charge in [-0.25, -0.2) is 8.42 Å². The lowest BCUT2D eigenvalue weighted by atomic mass is 10.1. The maximum Gasteiger partial charge on any atom is 0.248 e. The molecule has 2 rings (SSSR count). The van der Waals surface area contributed by atoms with Gasteiger partial charge in [-0.3, -0.25) is 9.10 Å². The SMILES string of the molecule is CCOc1ccc(N([C@H](CC)C(=O)Nc2ccc(CC)cc2)S(C)(=O)=O)cc1. The number of amides is 1. The van der Waals surface area contributed by atoms with Crippen molar-refractivity contribution in [3.8, 4) is 5.75 Å². The van der Waals surface area contributed by atoms with Crippen molar-refractivity contribution in [1.29, 1.82) is 0 Å². The van der Waals surface area contributed by atoms with Crippen LogP contribution in [-0.4, -0.2) is 33.2 Å². The van der Waals surface area contributed by atoms with E-state index in [0.717, 1.165) is 18.2 Å². The number of aryl methyl sites for hydroxylation is 1. The molecule has 0 bridgehead atoms. The van der Waals surface area contributed by atoms with Crippen LogP contribution in [0.15, 0.2) is 48.5 Å². The van der Waals surface area contributed by atoms with Gasteiger partial charge in [0.2, 0.25) is 15.9 Å². The number of rotatable bonds is 9. The standard InChI is InChI=1S/C21H28N2O4S/c1-5-16-8-10-17(11-9-16)22-21(24)20(6-2)23(28(4,25)26)18-12-14-19(15-13-18)27-7-3/h8-15,20H,5-7H2,1-4H3,(H,22,24)/t20-/m1/s1. The molecule has 1 atom stereocenters. The molecule has 28 heavy (non-hydrogen) atoms. The van der Waals surface area contributed by atoms with E-state index < -0.39 is 16.1 Å². The first-order valence-corrected chi connectivity index (χ1v) is 11.3. The van der Waals surface area contributed by atoms with Gasteiger partial charge in [0.1, 0.15) is 11.8 Å². The number of nitrogens with zero attached hydrogens (tertiary/aromatic N) is 1. The molecule has 0 unspecified atom stereocenters. The molecular formula is C21H28N2O4S. The summed E-state index contributed by atoms with van der Waals surface area (Å²) in [4.78, 5) is 12.9. The summed E-state index contributed by atoms with van der Waals surface area (Å²) in [5.74, 6) is 0.277. The van der Waals surface area contributed by atoms with E-state index in [1.54, 1.807) is 31.2 Å². The Bertz CT molecular complexity index is 878. The molecule has 2 aromatic carbocycles. The molecular weight excluding hydrogens is 376 g/mol. The normalized spacial score (nSPS) is 12.3. The lowest BCUT2D eigenvalue weighted by molar-refractivity contribution is -0.117. The summed E-state index contributed by atoms with van der Waals surface area (Å²) >= 11 is 0. The van der Waals surface area contributed by atoms with E-state index in [0.29, 0.717) is 30.2 Å². The first-order valence-electron chi connectivity index (χ1n) is 9.42. The Balaban J connectivity index is 2.29. The van der Waals surface area contributed by atoms with Crippen molar-refractivity contribution in [2.45, 2.75) is 39.7 Å². The molecule has 152 valence electrons. The topological polar surface area (TPSA) is 75.7 Å². The first-order chi connectivity index (χ1) is 13.3. The minimum Gasteiger partial charge on any atom is -0.494 e. The Morgan fingerprint density at radius 3 is 2.11 bits per heavy atom. The second kappa shape index (κ2) is 9.59. The van der Waals surface area contributed by atoms with Crippen LogP contribution >= 0.6 is 0 Å². The van der Waals surface area contributed by atoms with Crippen LogP contribution in [0, 0.1) is 0 Å². The Morgan fingerprint density at radius 1 is 1.04 bits per heavy atom. The second-order valence-electron chi connectivity index (χ2n) is 6.45. The third-order valence-corrected chi connectivity index (χ3v) is 5.54. The Labute approximate surface area is 167 Å². The van der Waals surface area contributed by atoms with Crippen molar-refractivity contribution in [2.75, 3.05) is 22.5 Å². The number of anilines is 2. The molecule has 1 N–H and O–H groups in total. The number of hydrogen-bond acceptors (Lipinski definition) is 4. The number of nitrogens with one attached hydrogen (secondary N) is 1. The molecule has 2 aromatic rings. The van der Waals surface area contributed by atoms with Crippen molar-refractivity contribution in [2.24, 2.45) is 0 Å². The zero-order valence-electron chi connectivity index (χ0n) is 16.8. The van der Waals surface area contributed by atoms with E-state index in [1.165, 1.54) is 4.31 Å². The zero-order chi connectivity index (χ0) is 20.7. The maximum atomic E-state index is 12.9. The van der Waals surface area contributed by atoms with Gasteiger partial charge in [-0.05, 0) is 61.7 Å². The number of carbonyl (C=O) groups is 1. The highest BCUT2D eigenvalue weighted by Gasteiger charge is 2.31. The summed E-state index contributed by atoms with van der Waals surface area (Å²) in [6.07, 6.45) is 2.35. The Morgan fingerprint density at radius 2 is 1.64 bits per heavy atom. The number of hydrogen-bond donors (Lipinski definition) is 1. The summed E-state index contributed by atoms with van der Waals surface area (Å²) in [6, 6.07) is 13.4. The molecule has 0 saturated heterocycles. The molecule has 0 heterocycles. The molecule has 1 amide bonds. The van der Waals surface area contributed by atoms with E-state index in [-0.39, 0.29) is 5.91 Å². The van der Waals surface area contributed by atoms with E-state index in [2.05, 4.69) is 12.2 Å². The van der Waals surface area contributed by atoms with Crippen molar-refractivity contribution in [3.05, 3.63) is 54.1 Å². The van der Waals surface area contributed by atoms with Gasteiger partial charge in [0.25, 0.3) is 0 Å². The van der Waals surface area contributed by atoms with Crippen LogP contribution in [0.1, 0.15) is 32.8 Å². The highest BCUT2D eigenvalue weighted by Crippen LogP contribution is 2.26. The molecule has 6 nitrogen and oxygen atoms in total. The molecule has 0 aliphatic heterocycles. The molecule has 0 aliphatic rings. The molecule has 7 heteroatoms. The number of sulfonamides is 1. The summed E-state index contributed by atoms with van der Waals surface area (Å²) in [5.41, 5.74) is 2.23. The van der Waals surface area contributed by atoms with Gasteiger partial charge in [0.15, 0.2) is 0 Å². The maximum absolute atomic E-state index is 12.9. The second-order valence-corrected chi connectivity index (χ2v) is 8.31. The molecule has 0 aromatic heterocycles. The molecule has 0 spiro atoms. The van der Waals surface area contributed by atoms with Crippen LogP contribution < -0.4 is 14.4 Å². The highest BCUT2D eigenvalue weighted by molar-refractivity contribution is 7.92. The van der Waals surface area contributed by atoms with Crippen molar-refractivity contribution < 1.29 is 17.9 Å². The third-order valence-electron chi connectivity index (χ3n) is 4.36. The molecule has 0 fully saturated rings. The number of carbonyl (C=O) groups excluding carboxylic acids is 1. The first kappa shape index (κ1) is 21.8. The Kier molecular flexibility index (Phi) is 7.45. The molecule has 0 aliphatic carbocycles. The van der Waals surface area contributed by atoms with Crippen molar-refractivity contribution >= 4 is 27.3 Å². The van der Waals surface area contributed by atoms with Crippen molar-refractivity contribution in [1.82, 2.24) is 0 Å². The van der Waals surface area contributed by atoms with E-state index in [9.17, 15) is 13.2 Å². The summed E-state index contributed by atoms with van der Waals surface area (Å²) < 4.78 is 31.6. The largest absolute Gasteiger partial charge is 0.494 e. The van der Waals surface area contributed by atoms with Gasteiger partial charge in [-0.15, -0.1) is 0 Å². The Hall–Kier alpha value is -2.54. The fourth-order valence-corrected chi connectivity index (χ4v) is 4.18. The van der Waals surface area contributed by atoms with Crippen LogP contribution in [-0.2, 0) is 21.2 Å². The molecule has 0 saturated carbocycles. The van der Waals surface area contributed by atoms with Crippen LogP contribution in [0.4, 0.5) is 11.4 Å². The summed E-state index contributed by atoms with van der Waals surface area (Å²) in [5, 5.41) is 2.83. The predicted molar refractivity (Wildman–Crippen MR) is 113 cm³/mol. The molecule has 0 radical (unpaired) electrons. The van der Waals surface area contributed by atoms with Gasteiger partial charge in [0.05, 0.1) is 18.6 Å². The smallest absolute Gasteiger partial charge is 0.248 e. The van der Waals surface area contributed by atoms with E-state index >= 15 is 0 Å². The van der Waals surface area contributed by atoms with Gasteiger partial charge >= 0.3 is 0 Å². The zero-order valence-corrected chi connectivity index (χ0v) is 17.6. The van der Waals surface area contributed by atoms with Gasteiger partial charge in [-0.2, -0.15) is 0 Å². The van der Waals surface area contributed by atoms with Crippen LogP contribution in [0.5, 0.6) is 5.75 Å². The minimum atomic E-state index is -3.67. The van der Waals surface area contributed by atoms with Gasteiger partial charge < -0.3 is 10.1 Å². The van der Waals surface area contributed by atoms with E-state index in [4.69, 9.17) is 4.74 Å². The fourth-order valence-electron chi connectivity index (χ4n) is 2.97. The van der Waals surface area contributed by atoms with Gasteiger partial charge in [0, 0.05) is 5.69 Å². The summed E-state index contributed by atoms with van der Waals surface area (Å²) in [6.45, 7) is 6.24. The monoisotopic (exact) mass is 404 g/mol. The lowest BCUT2D eigenvalue weighted by Crippen LogP contribution is -2.46. The predicted octanol–water partition coefficient (Wildman–Crippen LogP) is 3.83. The minimum absolute atomic E-state index is 0.332.